The molecule has 19 heteroatoms. The summed E-state index contributed by atoms with van der Waals surface area (Å²) < 4.78 is 71.3. The summed E-state index contributed by atoms with van der Waals surface area (Å²) in [5.41, 5.74) is 0.803. The maximum atomic E-state index is 15.3. The van der Waals surface area contributed by atoms with Crippen LogP contribution in [0.25, 0.3) is 0 Å². The molecular formula is C42H42F5N11O3. The van der Waals surface area contributed by atoms with E-state index in [1.54, 1.807) is 23.1 Å². The minimum absolute atomic E-state index is 0.114. The van der Waals surface area contributed by atoms with Crippen LogP contribution in [0.4, 0.5) is 55.4 Å². The summed E-state index contributed by atoms with van der Waals surface area (Å²) in [5, 5.41) is 17.4. The largest absolute Gasteiger partial charge is 0.417 e. The third-order valence-electron chi connectivity index (χ3n) is 11.8. The molecule has 2 aromatic heterocycles. The van der Waals surface area contributed by atoms with Crippen LogP contribution < -0.4 is 30.7 Å². The average Bonchev–Trinajstić information content (AvgIpc) is 3.24. The number of benzene rings is 2. The number of carbonyl (C=O) groups is 3. The highest BCUT2D eigenvalue weighted by Gasteiger charge is 2.35. The number of urea groups is 1. The van der Waals surface area contributed by atoms with Gasteiger partial charge in [-0.15, -0.1) is 0 Å². The fourth-order valence-electron chi connectivity index (χ4n) is 8.56. The number of fused-ring (bicyclic) bond motifs is 1. The van der Waals surface area contributed by atoms with Crippen molar-refractivity contribution in [1.82, 2.24) is 30.5 Å². The Morgan fingerprint density at radius 1 is 0.885 bits per heavy atom. The number of imide groups is 1. The molecule has 3 fully saturated rings. The van der Waals surface area contributed by atoms with Crippen LogP contribution in [0, 0.1) is 29.0 Å². The Morgan fingerprint density at radius 2 is 1.66 bits per heavy atom. The lowest BCUT2D eigenvalue weighted by Gasteiger charge is -2.39. The first-order valence-corrected chi connectivity index (χ1v) is 20.1. The van der Waals surface area contributed by atoms with Crippen LogP contribution >= 0.6 is 0 Å². The van der Waals surface area contributed by atoms with Crippen molar-refractivity contribution < 1.29 is 36.3 Å². The van der Waals surface area contributed by atoms with Crippen LogP contribution in [0.5, 0.6) is 0 Å². The quantitative estimate of drug-likeness (QED) is 0.136. The molecule has 4 aliphatic rings. The van der Waals surface area contributed by atoms with Gasteiger partial charge in [0.05, 0.1) is 40.7 Å². The van der Waals surface area contributed by atoms with Gasteiger partial charge in [0.15, 0.2) is 0 Å². The minimum atomic E-state index is -4.68. The zero-order valence-electron chi connectivity index (χ0n) is 32.9. The number of hydrogen-bond acceptors (Lipinski definition) is 11. The van der Waals surface area contributed by atoms with Gasteiger partial charge in [-0.3, -0.25) is 24.7 Å². The maximum Gasteiger partial charge on any atom is 0.417 e. The van der Waals surface area contributed by atoms with E-state index in [1.165, 1.54) is 35.5 Å². The van der Waals surface area contributed by atoms with Crippen molar-refractivity contribution in [3.8, 4) is 6.07 Å². The van der Waals surface area contributed by atoms with Crippen molar-refractivity contribution >= 4 is 46.5 Å². The van der Waals surface area contributed by atoms with Crippen LogP contribution in [-0.2, 0) is 23.9 Å². The maximum absolute atomic E-state index is 15.3. The smallest absolute Gasteiger partial charge is 0.367 e. The molecule has 0 atom stereocenters. The summed E-state index contributed by atoms with van der Waals surface area (Å²) in [4.78, 5) is 56.9. The standard InChI is InChI=1S/C42H42F5N11O3/c43-33-20-29(58-14-12-37(59)54-41(58)61)7-9-35(33)56-17-15-55(16-18-56)22-25-1-4-27(5-2-25)51-40(60)31-8-10-36(52-38(31)44)53-39-30-11-13-57(23-34(30)49-24-50-39)28-6-3-26(21-48)32(19-28)42(45,46)47/h3,6-10,19-20,24-25,27H,1-2,4-5,11-18,22-23H2,(H,51,60)(H,54,59,61)(H,49,50,52,53). The van der Waals surface area contributed by atoms with Gasteiger partial charge in [-0.2, -0.15) is 22.8 Å². The van der Waals surface area contributed by atoms with Gasteiger partial charge in [0, 0.05) is 75.2 Å². The van der Waals surface area contributed by atoms with E-state index < -0.39 is 41.0 Å². The summed E-state index contributed by atoms with van der Waals surface area (Å²) >= 11 is 0. The minimum Gasteiger partial charge on any atom is -0.367 e. The predicted molar refractivity (Wildman–Crippen MR) is 214 cm³/mol. The predicted octanol–water partition coefficient (Wildman–Crippen LogP) is 5.90. The highest BCUT2D eigenvalue weighted by Crippen LogP contribution is 2.36. The molecule has 61 heavy (non-hydrogen) atoms. The second-order valence-corrected chi connectivity index (χ2v) is 15.7. The topological polar surface area (TPSA) is 163 Å². The normalized spacial score (nSPS) is 19.8. The van der Waals surface area contributed by atoms with Gasteiger partial charge in [0.25, 0.3) is 5.91 Å². The van der Waals surface area contributed by atoms with Gasteiger partial charge < -0.3 is 20.4 Å². The molecule has 318 valence electrons. The Bertz CT molecular complexity index is 2380. The summed E-state index contributed by atoms with van der Waals surface area (Å²) in [6.45, 7) is 4.43. The number of hydrogen-bond donors (Lipinski definition) is 3. The van der Waals surface area contributed by atoms with Crippen molar-refractivity contribution in [3.05, 3.63) is 94.6 Å². The summed E-state index contributed by atoms with van der Waals surface area (Å²) in [7, 11) is 0. The molecule has 4 amide bonds. The van der Waals surface area contributed by atoms with E-state index in [2.05, 4.69) is 35.8 Å². The first-order valence-electron chi connectivity index (χ1n) is 20.1. The summed E-state index contributed by atoms with van der Waals surface area (Å²) in [6, 6.07) is 12.1. The number of halogens is 5. The molecule has 1 aliphatic carbocycles. The monoisotopic (exact) mass is 843 g/mol. The zero-order chi connectivity index (χ0) is 42.8. The Morgan fingerprint density at radius 3 is 2.36 bits per heavy atom. The molecule has 1 saturated carbocycles. The Hall–Kier alpha value is -6.42. The number of alkyl halides is 3. The first-order chi connectivity index (χ1) is 29.3. The van der Waals surface area contributed by atoms with E-state index in [4.69, 9.17) is 5.26 Å². The number of piperazine rings is 1. The molecule has 0 spiro atoms. The van der Waals surface area contributed by atoms with Gasteiger partial charge in [0.1, 0.15) is 23.8 Å². The Labute approximate surface area is 347 Å². The molecule has 4 aromatic rings. The van der Waals surface area contributed by atoms with E-state index in [-0.39, 0.29) is 42.8 Å². The molecular weight excluding hydrogens is 802 g/mol. The van der Waals surface area contributed by atoms with Crippen LogP contribution in [-0.4, -0.2) is 89.6 Å². The SMILES string of the molecule is N#Cc1ccc(N2CCc3c(ncnc3Nc3ccc(C(=O)NC4CCC(CN5CCN(c6ccc(N7CCC(=O)NC7=O)cc6F)CC5)CC4)c(F)n3)C2)cc1C(F)(F)F. The van der Waals surface area contributed by atoms with Gasteiger partial charge in [-0.05, 0) is 86.6 Å². The average molecular weight is 844 g/mol. The number of nitrogens with one attached hydrogen (secondary N) is 3. The molecule has 3 aliphatic heterocycles. The second-order valence-electron chi connectivity index (χ2n) is 15.7. The zero-order valence-corrected chi connectivity index (χ0v) is 32.9. The number of nitrogens with zero attached hydrogens (tertiary/aromatic N) is 8. The van der Waals surface area contributed by atoms with Crippen LogP contribution in [0.2, 0.25) is 0 Å². The molecule has 0 unspecified atom stereocenters. The molecule has 2 aromatic carbocycles. The van der Waals surface area contributed by atoms with Crippen molar-refractivity contribution in [2.75, 3.05) is 65.8 Å². The molecule has 14 nitrogen and oxygen atoms in total. The third kappa shape index (κ3) is 9.18. The highest BCUT2D eigenvalue weighted by molar-refractivity contribution is 6.05. The van der Waals surface area contributed by atoms with E-state index >= 15 is 8.78 Å². The Kier molecular flexibility index (Phi) is 11.7. The Balaban J connectivity index is 0.795. The molecule has 0 bridgehead atoms. The number of nitriles is 1. The van der Waals surface area contributed by atoms with Crippen LogP contribution in [0.15, 0.2) is 54.9 Å². The number of pyridine rings is 1. The highest BCUT2D eigenvalue weighted by atomic mass is 19.4. The first kappa shape index (κ1) is 41.3. The van der Waals surface area contributed by atoms with Crippen molar-refractivity contribution in [2.24, 2.45) is 5.92 Å². The van der Waals surface area contributed by atoms with E-state index in [1.807, 2.05) is 4.90 Å². The number of carbonyl (C=O) groups excluding carboxylic acids is 3. The number of rotatable bonds is 9. The number of anilines is 5. The van der Waals surface area contributed by atoms with Gasteiger partial charge >= 0.3 is 12.2 Å². The van der Waals surface area contributed by atoms with Gasteiger partial charge in [0.2, 0.25) is 11.9 Å². The van der Waals surface area contributed by atoms with Crippen molar-refractivity contribution in [3.63, 3.8) is 0 Å². The van der Waals surface area contributed by atoms with Crippen molar-refractivity contribution in [2.45, 2.75) is 57.3 Å². The van der Waals surface area contributed by atoms with Gasteiger partial charge in [-0.25, -0.2) is 24.1 Å². The molecule has 2 saturated heterocycles. The van der Waals surface area contributed by atoms with E-state index in [9.17, 15) is 27.6 Å². The number of aromatic nitrogens is 3. The summed E-state index contributed by atoms with van der Waals surface area (Å²) in [5.74, 6) is -1.36. The lowest BCUT2D eigenvalue weighted by Crippen LogP contribution is -2.50. The van der Waals surface area contributed by atoms with Crippen LogP contribution in [0.1, 0.15) is 64.8 Å². The van der Waals surface area contributed by atoms with E-state index in [0.717, 1.165) is 57.5 Å². The molecule has 0 radical (unpaired) electrons. The van der Waals surface area contributed by atoms with E-state index in [0.29, 0.717) is 66.1 Å². The van der Waals surface area contributed by atoms with Crippen molar-refractivity contribution in [1.29, 1.82) is 5.26 Å². The molecule has 3 N–H and O–H groups in total. The second kappa shape index (κ2) is 17.3. The lowest BCUT2D eigenvalue weighted by atomic mass is 9.85. The molecule has 8 rings (SSSR count). The van der Waals surface area contributed by atoms with Gasteiger partial charge in [-0.1, -0.05) is 0 Å². The fourth-order valence-corrected chi connectivity index (χ4v) is 8.56. The summed E-state index contributed by atoms with van der Waals surface area (Å²) in [6.07, 6.45) is 0.425. The van der Waals surface area contributed by atoms with Crippen LogP contribution in [0.3, 0.4) is 0 Å². The lowest BCUT2D eigenvalue weighted by molar-refractivity contribution is -0.137. The molecule has 5 heterocycles. The fraction of sp³-hybridized carbons (Fsp3) is 0.405. The third-order valence-corrected chi connectivity index (χ3v) is 11.8. The number of amides is 4.